The smallest absolute Gasteiger partial charge is 0.238 e. The molecule has 0 saturated carbocycles. The Morgan fingerprint density at radius 1 is 0.418 bits per heavy atom. The highest BCUT2D eigenvalue weighted by atomic mass is 32.1. The average molecular weight is 721 g/mol. The van der Waals surface area contributed by atoms with Crippen LogP contribution in [0.2, 0.25) is 0 Å². The molecular weight excluding hydrogens is 693 g/mol. The zero-order valence-corrected chi connectivity index (χ0v) is 30.1. The highest BCUT2D eigenvalue weighted by Crippen LogP contribution is 2.44. The van der Waals surface area contributed by atoms with E-state index in [0.29, 0.717) is 17.6 Å². The van der Waals surface area contributed by atoms with Crippen molar-refractivity contribution in [3.8, 4) is 39.9 Å². The van der Waals surface area contributed by atoms with Gasteiger partial charge in [0.25, 0.3) is 0 Å². The summed E-state index contributed by atoms with van der Waals surface area (Å²) in [6, 6.07) is 59.5. The van der Waals surface area contributed by atoms with Gasteiger partial charge < -0.3 is 4.42 Å². The zero-order valence-electron chi connectivity index (χ0n) is 29.3. The van der Waals surface area contributed by atoms with Crippen molar-refractivity contribution in [3.05, 3.63) is 170 Å². The van der Waals surface area contributed by atoms with E-state index in [9.17, 15) is 0 Å². The van der Waals surface area contributed by atoms with E-state index in [1.165, 1.54) is 41.9 Å². The second kappa shape index (κ2) is 11.7. The first-order valence-electron chi connectivity index (χ1n) is 18.4. The molecule has 0 saturated heterocycles. The number of nitrogens with zero attached hydrogens (tertiary/aromatic N) is 4. The van der Waals surface area contributed by atoms with Crippen LogP contribution in [0.5, 0.6) is 0 Å². The van der Waals surface area contributed by atoms with Gasteiger partial charge in [-0.05, 0) is 64.4 Å². The van der Waals surface area contributed by atoms with Crippen molar-refractivity contribution in [1.82, 2.24) is 19.5 Å². The Morgan fingerprint density at radius 2 is 1.13 bits per heavy atom. The summed E-state index contributed by atoms with van der Waals surface area (Å²) in [5, 5.41) is 9.45. The number of hydrogen-bond acceptors (Lipinski definition) is 5. The standard InChI is InChI=1S/C49H28N4OS/c1-2-13-30(14-3-1)47-50-48(52-49(51-47)53-38-20-8-6-16-35(38)44-32-15-5-4-12-29(32)25-27-39(44)53)31-24-26-36-41(28-31)54-40-21-10-18-33(45(36)40)34-19-11-23-43-46(34)37-17-7-9-22-42(37)55-43/h1-28H. The summed E-state index contributed by atoms with van der Waals surface area (Å²) >= 11 is 1.84. The Bertz CT molecular complexity index is 3500. The molecule has 256 valence electrons. The molecule has 0 aliphatic carbocycles. The largest absolute Gasteiger partial charge is 0.456 e. The molecule has 5 nitrogen and oxygen atoms in total. The molecule has 0 fully saturated rings. The summed E-state index contributed by atoms with van der Waals surface area (Å²) in [6.45, 7) is 0. The van der Waals surface area contributed by atoms with E-state index in [1.807, 2.05) is 41.7 Å². The maximum absolute atomic E-state index is 6.66. The SMILES string of the molecule is c1ccc(-c2nc(-c3ccc4c(c3)oc3cccc(-c5cccc6sc7ccccc7c56)c34)nc(-n3c4ccccc4c4c5ccccc5ccc43)n2)cc1. The quantitative estimate of drug-likeness (QED) is 0.182. The fourth-order valence-electron chi connectivity index (χ4n) is 8.45. The third-order valence-corrected chi connectivity index (χ3v) is 12.0. The van der Waals surface area contributed by atoms with Gasteiger partial charge in [0.05, 0.1) is 11.0 Å². The fraction of sp³-hybridized carbons (Fsp3) is 0. The van der Waals surface area contributed by atoms with Gasteiger partial charge in [0.1, 0.15) is 11.2 Å². The van der Waals surface area contributed by atoms with E-state index in [0.717, 1.165) is 55.0 Å². The predicted molar refractivity (Wildman–Crippen MR) is 228 cm³/mol. The molecule has 6 heteroatoms. The van der Waals surface area contributed by atoms with E-state index >= 15 is 0 Å². The summed E-state index contributed by atoms with van der Waals surface area (Å²) in [5.41, 5.74) is 7.86. The zero-order chi connectivity index (χ0) is 36.0. The van der Waals surface area contributed by atoms with Crippen LogP contribution in [0.4, 0.5) is 0 Å². The molecule has 0 bridgehead atoms. The summed E-state index contributed by atoms with van der Waals surface area (Å²) in [7, 11) is 0. The minimum atomic E-state index is 0.563. The molecule has 55 heavy (non-hydrogen) atoms. The van der Waals surface area contributed by atoms with Crippen molar-refractivity contribution in [1.29, 1.82) is 0 Å². The second-order valence-electron chi connectivity index (χ2n) is 14.0. The third-order valence-electron chi connectivity index (χ3n) is 10.9. The summed E-state index contributed by atoms with van der Waals surface area (Å²) < 4.78 is 11.4. The van der Waals surface area contributed by atoms with Gasteiger partial charge in [-0.15, -0.1) is 11.3 Å². The van der Waals surface area contributed by atoms with Gasteiger partial charge in [0.2, 0.25) is 5.95 Å². The van der Waals surface area contributed by atoms with Crippen LogP contribution in [0, 0.1) is 0 Å². The number of fused-ring (bicyclic) bond motifs is 11. The number of hydrogen-bond donors (Lipinski definition) is 0. The highest BCUT2D eigenvalue weighted by Gasteiger charge is 2.21. The van der Waals surface area contributed by atoms with Gasteiger partial charge in [-0.25, -0.2) is 4.98 Å². The Balaban J connectivity index is 1.08. The van der Waals surface area contributed by atoms with Crippen LogP contribution in [0.1, 0.15) is 0 Å². The van der Waals surface area contributed by atoms with Crippen molar-refractivity contribution in [3.63, 3.8) is 0 Å². The van der Waals surface area contributed by atoms with Crippen LogP contribution in [0.25, 0.3) is 115 Å². The van der Waals surface area contributed by atoms with E-state index in [2.05, 4.69) is 144 Å². The molecule has 0 aliphatic rings. The van der Waals surface area contributed by atoms with Crippen LogP contribution in [0.15, 0.2) is 174 Å². The summed E-state index contributed by atoms with van der Waals surface area (Å²) in [5.74, 6) is 1.75. The molecule has 0 N–H and O–H groups in total. The van der Waals surface area contributed by atoms with Crippen molar-refractivity contribution < 1.29 is 4.42 Å². The second-order valence-corrected chi connectivity index (χ2v) is 15.0. The number of furan rings is 1. The van der Waals surface area contributed by atoms with Crippen LogP contribution in [-0.4, -0.2) is 19.5 Å². The van der Waals surface area contributed by atoms with Crippen LogP contribution >= 0.6 is 11.3 Å². The normalized spacial score (nSPS) is 12.0. The predicted octanol–water partition coefficient (Wildman–Crippen LogP) is 13.4. The molecule has 0 atom stereocenters. The van der Waals surface area contributed by atoms with Gasteiger partial charge in [-0.2, -0.15) is 9.97 Å². The average Bonchev–Trinajstić information content (AvgIpc) is 3.93. The Labute approximate surface area is 318 Å². The van der Waals surface area contributed by atoms with Gasteiger partial charge in [0, 0.05) is 52.8 Å². The van der Waals surface area contributed by atoms with Crippen molar-refractivity contribution >= 4 is 86.0 Å². The molecule has 0 unspecified atom stereocenters. The molecule has 12 rings (SSSR count). The number of benzene rings is 8. The fourth-order valence-corrected chi connectivity index (χ4v) is 9.59. The minimum Gasteiger partial charge on any atom is -0.456 e. The number of rotatable bonds is 4. The molecule has 4 aromatic heterocycles. The van der Waals surface area contributed by atoms with Gasteiger partial charge in [-0.1, -0.05) is 127 Å². The first-order chi connectivity index (χ1) is 27.3. The molecule has 8 aromatic carbocycles. The number of para-hydroxylation sites is 1. The lowest BCUT2D eigenvalue weighted by Crippen LogP contribution is -2.06. The van der Waals surface area contributed by atoms with Gasteiger partial charge in [-0.3, -0.25) is 4.57 Å². The van der Waals surface area contributed by atoms with Crippen molar-refractivity contribution in [2.75, 3.05) is 0 Å². The lowest BCUT2D eigenvalue weighted by atomic mass is 9.95. The molecule has 0 radical (unpaired) electrons. The first kappa shape index (κ1) is 30.3. The maximum Gasteiger partial charge on any atom is 0.238 e. The Hall–Kier alpha value is -7.15. The van der Waals surface area contributed by atoms with E-state index < -0.39 is 0 Å². The van der Waals surface area contributed by atoms with E-state index in [-0.39, 0.29) is 0 Å². The van der Waals surface area contributed by atoms with E-state index in [4.69, 9.17) is 19.4 Å². The number of thiophene rings is 1. The highest BCUT2D eigenvalue weighted by molar-refractivity contribution is 7.25. The Kier molecular flexibility index (Phi) is 6.44. The molecule has 0 amide bonds. The van der Waals surface area contributed by atoms with Crippen LogP contribution < -0.4 is 0 Å². The Morgan fingerprint density at radius 3 is 2.02 bits per heavy atom. The van der Waals surface area contributed by atoms with Crippen molar-refractivity contribution in [2.45, 2.75) is 0 Å². The third kappa shape index (κ3) is 4.55. The summed E-state index contributed by atoms with van der Waals surface area (Å²) in [6.07, 6.45) is 0. The van der Waals surface area contributed by atoms with E-state index in [1.54, 1.807) is 0 Å². The summed E-state index contributed by atoms with van der Waals surface area (Å²) in [4.78, 5) is 15.5. The molecule has 4 heterocycles. The number of aromatic nitrogens is 4. The lowest BCUT2D eigenvalue weighted by Gasteiger charge is -2.11. The molecule has 0 aliphatic heterocycles. The monoisotopic (exact) mass is 720 g/mol. The maximum atomic E-state index is 6.66. The topological polar surface area (TPSA) is 56.7 Å². The van der Waals surface area contributed by atoms with Gasteiger partial charge in [0.15, 0.2) is 11.6 Å². The minimum absolute atomic E-state index is 0.563. The van der Waals surface area contributed by atoms with Gasteiger partial charge >= 0.3 is 0 Å². The van der Waals surface area contributed by atoms with Crippen LogP contribution in [-0.2, 0) is 0 Å². The van der Waals surface area contributed by atoms with Crippen molar-refractivity contribution in [2.24, 2.45) is 0 Å². The molecule has 0 spiro atoms. The lowest BCUT2D eigenvalue weighted by molar-refractivity contribution is 0.669. The first-order valence-corrected chi connectivity index (χ1v) is 19.2. The molecular formula is C49H28N4OS. The molecule has 12 aromatic rings. The van der Waals surface area contributed by atoms with Crippen LogP contribution in [0.3, 0.4) is 0 Å².